The largest absolute Gasteiger partial charge is 0.317 e. The number of piperidine rings is 1. The summed E-state index contributed by atoms with van der Waals surface area (Å²) in [5.41, 5.74) is -0.671. The van der Waals surface area contributed by atoms with E-state index in [1.165, 1.54) is 6.07 Å². The highest BCUT2D eigenvalue weighted by atomic mass is 35.5. The maximum absolute atomic E-state index is 12.4. The van der Waals surface area contributed by atoms with Gasteiger partial charge in [-0.25, -0.2) is 13.1 Å². The molecule has 0 aromatic heterocycles. The van der Waals surface area contributed by atoms with Gasteiger partial charge in [-0.1, -0.05) is 18.5 Å². The molecule has 0 amide bonds. The Hall–Kier alpha value is -1.22. The maximum atomic E-state index is 12.4. The first-order chi connectivity index (χ1) is 10.2. The van der Waals surface area contributed by atoms with E-state index in [1.54, 1.807) is 0 Å². The minimum absolute atomic E-state index is 0.121. The van der Waals surface area contributed by atoms with Crippen LogP contribution in [0.3, 0.4) is 0 Å². The van der Waals surface area contributed by atoms with Crippen molar-refractivity contribution in [1.82, 2.24) is 10.0 Å². The summed E-state index contributed by atoms with van der Waals surface area (Å²) in [6.07, 6.45) is 1.69. The van der Waals surface area contributed by atoms with Crippen molar-refractivity contribution in [1.29, 1.82) is 0 Å². The zero-order valence-corrected chi connectivity index (χ0v) is 13.7. The lowest BCUT2D eigenvalue weighted by Gasteiger charge is -2.34. The van der Waals surface area contributed by atoms with Gasteiger partial charge < -0.3 is 5.32 Å². The highest BCUT2D eigenvalue weighted by molar-refractivity contribution is 7.89. The minimum Gasteiger partial charge on any atom is -0.317 e. The van der Waals surface area contributed by atoms with Crippen molar-refractivity contribution < 1.29 is 13.3 Å². The summed E-state index contributed by atoms with van der Waals surface area (Å²) >= 11 is 5.71. The molecule has 0 saturated carbocycles. The van der Waals surface area contributed by atoms with Crippen molar-refractivity contribution >= 4 is 27.3 Å². The van der Waals surface area contributed by atoms with Crippen LogP contribution in [0.1, 0.15) is 19.8 Å². The number of benzene rings is 1. The predicted molar refractivity (Wildman–Crippen MR) is 83.5 cm³/mol. The molecular weight excluding hydrogens is 330 g/mol. The average molecular weight is 348 g/mol. The molecule has 122 valence electrons. The zero-order chi connectivity index (χ0) is 16.4. The van der Waals surface area contributed by atoms with Gasteiger partial charge in [0.1, 0.15) is 0 Å². The van der Waals surface area contributed by atoms with E-state index in [9.17, 15) is 18.5 Å². The Morgan fingerprint density at radius 3 is 2.64 bits per heavy atom. The number of sulfonamides is 1. The summed E-state index contributed by atoms with van der Waals surface area (Å²) < 4.78 is 27.3. The molecule has 7 nitrogen and oxygen atoms in total. The molecule has 1 saturated heterocycles. The third-order valence-corrected chi connectivity index (χ3v) is 5.59. The van der Waals surface area contributed by atoms with E-state index < -0.39 is 20.6 Å². The first-order valence-electron chi connectivity index (χ1n) is 6.88. The molecule has 0 bridgehead atoms. The number of hydrogen-bond acceptors (Lipinski definition) is 5. The van der Waals surface area contributed by atoms with Crippen LogP contribution in [0.2, 0.25) is 5.02 Å². The molecular formula is C13H18ClN3O4S. The van der Waals surface area contributed by atoms with Gasteiger partial charge in [0.2, 0.25) is 10.0 Å². The fourth-order valence-electron chi connectivity index (χ4n) is 2.41. The third kappa shape index (κ3) is 3.95. The van der Waals surface area contributed by atoms with Crippen molar-refractivity contribution in [3.05, 3.63) is 33.3 Å². The van der Waals surface area contributed by atoms with E-state index in [1.807, 2.05) is 6.92 Å². The molecule has 1 fully saturated rings. The molecule has 9 heteroatoms. The maximum Gasteiger partial charge on any atom is 0.290 e. The highest BCUT2D eigenvalue weighted by Gasteiger charge is 2.31. The van der Waals surface area contributed by atoms with Gasteiger partial charge in [0.25, 0.3) is 5.69 Å². The van der Waals surface area contributed by atoms with Gasteiger partial charge >= 0.3 is 0 Å². The number of nitro benzene ring substituents is 1. The van der Waals surface area contributed by atoms with Crippen LogP contribution in [-0.2, 0) is 10.0 Å². The van der Waals surface area contributed by atoms with Gasteiger partial charge in [-0.05, 0) is 43.5 Å². The standard InChI is InChI=1S/C13H18ClN3O4S/c1-13(4-6-15-7-5-13)9-16-22(20,21)12-3-2-10(14)8-11(12)17(18)19/h2-3,8,15-16H,4-7,9H2,1H3. The van der Waals surface area contributed by atoms with Crippen LogP contribution in [0.25, 0.3) is 0 Å². The van der Waals surface area contributed by atoms with Gasteiger partial charge in [-0.15, -0.1) is 0 Å². The Kier molecular flexibility index (Phi) is 5.06. The third-order valence-electron chi connectivity index (χ3n) is 3.91. The van der Waals surface area contributed by atoms with E-state index in [0.29, 0.717) is 0 Å². The van der Waals surface area contributed by atoms with E-state index in [2.05, 4.69) is 10.0 Å². The van der Waals surface area contributed by atoms with E-state index >= 15 is 0 Å². The fourth-order valence-corrected chi connectivity index (χ4v) is 3.93. The Morgan fingerprint density at radius 2 is 2.05 bits per heavy atom. The second-order valence-corrected chi connectivity index (χ2v) is 7.93. The van der Waals surface area contributed by atoms with E-state index in [-0.39, 0.29) is 21.9 Å². The number of nitro groups is 1. The van der Waals surface area contributed by atoms with Crippen molar-refractivity contribution in [3.63, 3.8) is 0 Å². The zero-order valence-electron chi connectivity index (χ0n) is 12.1. The van der Waals surface area contributed by atoms with Gasteiger partial charge in [0.15, 0.2) is 4.90 Å². The van der Waals surface area contributed by atoms with Crippen molar-refractivity contribution in [2.45, 2.75) is 24.7 Å². The van der Waals surface area contributed by atoms with Crippen LogP contribution in [0.15, 0.2) is 23.1 Å². The summed E-state index contributed by atoms with van der Waals surface area (Å²) in [5, 5.41) is 14.4. The lowest BCUT2D eigenvalue weighted by molar-refractivity contribution is -0.387. The Labute approximate surface area is 134 Å². The second-order valence-electron chi connectivity index (χ2n) is 5.75. The molecule has 0 unspecified atom stereocenters. The van der Waals surface area contributed by atoms with Crippen LogP contribution in [-0.4, -0.2) is 33.0 Å². The minimum atomic E-state index is -3.96. The molecule has 0 aliphatic carbocycles. The monoisotopic (exact) mass is 347 g/mol. The Bertz CT molecular complexity index is 672. The SMILES string of the molecule is CC1(CNS(=O)(=O)c2ccc(Cl)cc2[N+](=O)[O-])CCNCC1. The molecule has 0 atom stereocenters. The molecule has 1 aliphatic heterocycles. The highest BCUT2D eigenvalue weighted by Crippen LogP contribution is 2.30. The van der Waals surface area contributed by atoms with E-state index in [4.69, 9.17) is 11.6 Å². The quantitative estimate of drug-likeness (QED) is 0.626. The molecule has 1 aromatic carbocycles. The molecule has 1 aromatic rings. The summed E-state index contributed by atoms with van der Waals surface area (Å²) in [6, 6.07) is 3.53. The van der Waals surface area contributed by atoms with Crippen molar-refractivity contribution in [2.24, 2.45) is 5.41 Å². The average Bonchev–Trinajstić information content (AvgIpc) is 2.46. The molecule has 2 N–H and O–H groups in total. The number of hydrogen-bond donors (Lipinski definition) is 2. The number of nitrogens with one attached hydrogen (secondary N) is 2. The number of rotatable bonds is 5. The Balaban J connectivity index is 2.22. The summed E-state index contributed by atoms with van der Waals surface area (Å²) in [5.74, 6) is 0. The molecule has 0 radical (unpaired) electrons. The number of halogens is 1. The topological polar surface area (TPSA) is 101 Å². The summed E-state index contributed by atoms with van der Waals surface area (Å²) in [6.45, 7) is 3.92. The summed E-state index contributed by atoms with van der Waals surface area (Å²) in [7, 11) is -3.96. The van der Waals surface area contributed by atoms with Gasteiger partial charge in [0.05, 0.1) is 4.92 Å². The molecule has 1 heterocycles. The van der Waals surface area contributed by atoms with E-state index in [0.717, 1.165) is 38.1 Å². The summed E-state index contributed by atoms with van der Waals surface area (Å²) in [4.78, 5) is 9.93. The van der Waals surface area contributed by atoms with Crippen LogP contribution in [0.5, 0.6) is 0 Å². The first kappa shape index (κ1) is 17.1. The number of nitrogens with zero attached hydrogens (tertiary/aromatic N) is 1. The van der Waals surface area contributed by atoms with Crippen LogP contribution >= 0.6 is 11.6 Å². The molecule has 0 spiro atoms. The van der Waals surface area contributed by atoms with Crippen LogP contribution in [0.4, 0.5) is 5.69 Å². The first-order valence-corrected chi connectivity index (χ1v) is 8.74. The normalized spacial score (nSPS) is 18.1. The van der Waals surface area contributed by atoms with Gasteiger partial charge in [0, 0.05) is 17.6 Å². The smallest absolute Gasteiger partial charge is 0.290 e. The van der Waals surface area contributed by atoms with Crippen molar-refractivity contribution in [3.8, 4) is 0 Å². The lowest BCUT2D eigenvalue weighted by atomic mass is 9.81. The molecule has 1 aliphatic rings. The van der Waals surface area contributed by atoms with Crippen molar-refractivity contribution in [2.75, 3.05) is 19.6 Å². The van der Waals surface area contributed by atoms with Gasteiger partial charge in [-0.2, -0.15) is 0 Å². The van der Waals surface area contributed by atoms with Crippen LogP contribution < -0.4 is 10.0 Å². The second kappa shape index (κ2) is 6.49. The molecule has 2 rings (SSSR count). The van der Waals surface area contributed by atoms with Crippen LogP contribution in [0, 0.1) is 15.5 Å². The molecule has 22 heavy (non-hydrogen) atoms. The Morgan fingerprint density at radius 1 is 1.41 bits per heavy atom. The van der Waals surface area contributed by atoms with Gasteiger partial charge in [-0.3, -0.25) is 10.1 Å². The predicted octanol–water partition coefficient (Wildman–Crippen LogP) is 1.92. The fraction of sp³-hybridized carbons (Fsp3) is 0.538. The lowest BCUT2D eigenvalue weighted by Crippen LogP contribution is -2.42.